The van der Waals surface area contributed by atoms with Crippen LogP contribution in [0.5, 0.6) is 5.75 Å². The van der Waals surface area contributed by atoms with Crippen LogP contribution in [-0.2, 0) is 0 Å². The van der Waals surface area contributed by atoms with Crippen LogP contribution >= 0.6 is 0 Å². The second-order valence-corrected chi connectivity index (χ2v) is 4.71. The predicted molar refractivity (Wildman–Crippen MR) is 74.3 cm³/mol. The minimum Gasteiger partial charge on any atom is -0.497 e. The zero-order chi connectivity index (χ0) is 13.5. The van der Waals surface area contributed by atoms with Gasteiger partial charge < -0.3 is 4.74 Å². The standard InChI is InChI=1S/C15H23NO2/c1-5-7-12(2)16(3)11-15(17)13-8-6-9-14(10-13)18-4/h6,8-10,12H,5,7,11H2,1-4H3. The molecule has 1 aromatic rings. The first-order valence-corrected chi connectivity index (χ1v) is 6.46. The van der Waals surface area contributed by atoms with Crippen LogP contribution < -0.4 is 4.74 Å². The lowest BCUT2D eigenvalue weighted by atomic mass is 10.1. The van der Waals surface area contributed by atoms with E-state index in [2.05, 4.69) is 18.7 Å². The molecule has 0 aliphatic heterocycles. The molecule has 0 fully saturated rings. The number of benzene rings is 1. The fourth-order valence-corrected chi connectivity index (χ4v) is 1.91. The van der Waals surface area contributed by atoms with Crippen LogP contribution in [0.1, 0.15) is 37.0 Å². The maximum atomic E-state index is 12.1. The van der Waals surface area contributed by atoms with Crippen LogP contribution in [-0.4, -0.2) is 37.4 Å². The minimum absolute atomic E-state index is 0.138. The van der Waals surface area contributed by atoms with Gasteiger partial charge in [0, 0.05) is 11.6 Å². The van der Waals surface area contributed by atoms with Crippen LogP contribution in [0, 0.1) is 0 Å². The van der Waals surface area contributed by atoms with E-state index in [0.717, 1.165) is 18.6 Å². The van der Waals surface area contributed by atoms with Crippen LogP contribution in [0.4, 0.5) is 0 Å². The molecule has 1 aromatic carbocycles. The Bertz CT molecular complexity index is 390. The second kappa shape index (κ2) is 7.17. The molecule has 0 aromatic heterocycles. The summed E-state index contributed by atoms with van der Waals surface area (Å²) in [6.45, 7) is 4.77. The minimum atomic E-state index is 0.138. The summed E-state index contributed by atoms with van der Waals surface area (Å²) >= 11 is 0. The Morgan fingerprint density at radius 3 is 2.78 bits per heavy atom. The first-order valence-electron chi connectivity index (χ1n) is 6.46. The Morgan fingerprint density at radius 1 is 1.44 bits per heavy atom. The van der Waals surface area contributed by atoms with E-state index in [1.165, 1.54) is 0 Å². The maximum Gasteiger partial charge on any atom is 0.176 e. The molecule has 1 unspecified atom stereocenters. The first kappa shape index (κ1) is 14.7. The Labute approximate surface area is 110 Å². The molecule has 100 valence electrons. The molecular formula is C15H23NO2. The SMILES string of the molecule is CCCC(C)N(C)CC(=O)c1cccc(OC)c1. The largest absolute Gasteiger partial charge is 0.497 e. The smallest absolute Gasteiger partial charge is 0.176 e. The average molecular weight is 249 g/mol. The number of carbonyl (C=O) groups excluding carboxylic acids is 1. The van der Waals surface area contributed by atoms with Gasteiger partial charge in [0.05, 0.1) is 13.7 Å². The number of carbonyl (C=O) groups is 1. The molecule has 0 spiro atoms. The van der Waals surface area contributed by atoms with E-state index in [0.29, 0.717) is 18.2 Å². The van der Waals surface area contributed by atoms with Crippen LogP contribution in [0.15, 0.2) is 24.3 Å². The molecule has 18 heavy (non-hydrogen) atoms. The van der Waals surface area contributed by atoms with Gasteiger partial charge >= 0.3 is 0 Å². The van der Waals surface area contributed by atoms with Crippen molar-refractivity contribution < 1.29 is 9.53 Å². The van der Waals surface area contributed by atoms with E-state index < -0.39 is 0 Å². The normalized spacial score (nSPS) is 12.5. The van der Waals surface area contributed by atoms with Crippen molar-refractivity contribution in [2.24, 2.45) is 0 Å². The number of ether oxygens (including phenoxy) is 1. The van der Waals surface area contributed by atoms with E-state index in [1.807, 2.05) is 25.2 Å². The number of Topliss-reactive ketones (excluding diaryl/α,β-unsaturated/α-hetero) is 1. The summed E-state index contributed by atoms with van der Waals surface area (Å²) in [6.07, 6.45) is 2.25. The molecule has 0 saturated heterocycles. The molecule has 0 saturated carbocycles. The van der Waals surface area contributed by atoms with Crippen LogP contribution in [0.25, 0.3) is 0 Å². The zero-order valence-electron chi connectivity index (χ0n) is 11.8. The third-order valence-corrected chi connectivity index (χ3v) is 3.24. The van der Waals surface area contributed by atoms with Gasteiger partial charge in [0.1, 0.15) is 5.75 Å². The number of methoxy groups -OCH3 is 1. The molecule has 0 aliphatic carbocycles. The van der Waals surface area contributed by atoms with E-state index >= 15 is 0 Å². The Morgan fingerprint density at radius 2 is 2.17 bits per heavy atom. The van der Waals surface area contributed by atoms with Gasteiger partial charge in [0.2, 0.25) is 0 Å². The summed E-state index contributed by atoms with van der Waals surface area (Å²) in [7, 11) is 3.61. The maximum absolute atomic E-state index is 12.1. The molecule has 0 heterocycles. The van der Waals surface area contributed by atoms with E-state index in [1.54, 1.807) is 13.2 Å². The lowest BCUT2D eigenvalue weighted by Crippen LogP contribution is -2.33. The highest BCUT2D eigenvalue weighted by atomic mass is 16.5. The molecule has 0 N–H and O–H groups in total. The number of likely N-dealkylation sites (N-methyl/N-ethyl adjacent to an activating group) is 1. The van der Waals surface area contributed by atoms with Crippen molar-refractivity contribution in [3.05, 3.63) is 29.8 Å². The fourth-order valence-electron chi connectivity index (χ4n) is 1.91. The third kappa shape index (κ3) is 4.15. The van der Waals surface area contributed by atoms with Crippen LogP contribution in [0.3, 0.4) is 0 Å². The van der Waals surface area contributed by atoms with Gasteiger partial charge in [-0.05, 0) is 32.5 Å². The predicted octanol–water partition coefficient (Wildman–Crippen LogP) is 3.00. The van der Waals surface area contributed by atoms with E-state index in [4.69, 9.17) is 4.74 Å². The molecule has 0 aliphatic rings. The quantitative estimate of drug-likeness (QED) is 0.696. The fraction of sp³-hybridized carbons (Fsp3) is 0.533. The van der Waals surface area contributed by atoms with Crippen molar-refractivity contribution in [2.45, 2.75) is 32.7 Å². The van der Waals surface area contributed by atoms with Gasteiger partial charge in [0.25, 0.3) is 0 Å². The summed E-state index contributed by atoms with van der Waals surface area (Å²) in [6, 6.07) is 7.76. The monoisotopic (exact) mass is 249 g/mol. The summed E-state index contributed by atoms with van der Waals surface area (Å²) in [5, 5.41) is 0. The highest BCUT2D eigenvalue weighted by Crippen LogP contribution is 2.14. The van der Waals surface area contributed by atoms with Gasteiger partial charge in [-0.1, -0.05) is 25.5 Å². The van der Waals surface area contributed by atoms with Crippen molar-refractivity contribution >= 4 is 5.78 Å². The van der Waals surface area contributed by atoms with Crippen molar-refractivity contribution in [1.29, 1.82) is 0 Å². The molecular weight excluding hydrogens is 226 g/mol. The highest BCUT2D eigenvalue weighted by Gasteiger charge is 2.14. The van der Waals surface area contributed by atoms with Gasteiger partial charge in [-0.2, -0.15) is 0 Å². The molecule has 1 rings (SSSR count). The van der Waals surface area contributed by atoms with Crippen molar-refractivity contribution in [2.75, 3.05) is 20.7 Å². The van der Waals surface area contributed by atoms with Crippen molar-refractivity contribution in [1.82, 2.24) is 4.90 Å². The summed E-state index contributed by atoms with van der Waals surface area (Å²) in [4.78, 5) is 14.2. The Kier molecular flexibility index (Phi) is 5.86. The summed E-state index contributed by atoms with van der Waals surface area (Å²) in [5.41, 5.74) is 0.713. The lowest BCUT2D eigenvalue weighted by Gasteiger charge is -2.23. The number of nitrogens with zero attached hydrogens (tertiary/aromatic N) is 1. The number of rotatable bonds is 7. The van der Waals surface area contributed by atoms with Gasteiger partial charge in [-0.25, -0.2) is 0 Å². The second-order valence-electron chi connectivity index (χ2n) is 4.71. The number of ketones is 1. The number of hydrogen-bond donors (Lipinski definition) is 0. The molecule has 1 atom stereocenters. The molecule has 0 amide bonds. The zero-order valence-corrected chi connectivity index (χ0v) is 11.8. The Hall–Kier alpha value is -1.35. The summed E-state index contributed by atoms with van der Waals surface area (Å²) in [5.74, 6) is 0.865. The van der Waals surface area contributed by atoms with E-state index in [-0.39, 0.29) is 5.78 Å². The highest BCUT2D eigenvalue weighted by molar-refractivity contribution is 5.97. The van der Waals surface area contributed by atoms with Crippen LogP contribution in [0.2, 0.25) is 0 Å². The van der Waals surface area contributed by atoms with Gasteiger partial charge in [-0.3, -0.25) is 9.69 Å². The number of hydrogen-bond acceptors (Lipinski definition) is 3. The van der Waals surface area contributed by atoms with E-state index in [9.17, 15) is 4.79 Å². The van der Waals surface area contributed by atoms with Crippen molar-refractivity contribution in [3.8, 4) is 5.75 Å². The Balaban J connectivity index is 2.64. The molecule has 3 nitrogen and oxygen atoms in total. The topological polar surface area (TPSA) is 29.5 Å². The summed E-state index contributed by atoms with van der Waals surface area (Å²) < 4.78 is 5.13. The van der Waals surface area contributed by atoms with Gasteiger partial charge in [0.15, 0.2) is 5.78 Å². The first-order chi connectivity index (χ1) is 8.58. The third-order valence-electron chi connectivity index (χ3n) is 3.24. The molecule has 3 heteroatoms. The molecule has 0 bridgehead atoms. The average Bonchev–Trinajstić information content (AvgIpc) is 2.39. The lowest BCUT2D eigenvalue weighted by molar-refractivity contribution is 0.0921. The molecule has 0 radical (unpaired) electrons. The van der Waals surface area contributed by atoms with Crippen molar-refractivity contribution in [3.63, 3.8) is 0 Å². The van der Waals surface area contributed by atoms with Gasteiger partial charge in [-0.15, -0.1) is 0 Å².